The molecule has 1 amide bonds. The Morgan fingerprint density at radius 2 is 2.14 bits per heavy atom. The topological polar surface area (TPSA) is 48.0 Å². The number of nitrogens with zero attached hydrogens (tertiary/aromatic N) is 1. The Morgan fingerprint density at radius 1 is 1.29 bits per heavy atom. The average molecular weight is 291 g/mol. The van der Waals surface area contributed by atoms with E-state index >= 15 is 0 Å². The minimum atomic E-state index is 0.0425. The first-order valence-electron chi connectivity index (χ1n) is 7.54. The molecule has 1 aromatic rings. The molecule has 0 aliphatic carbocycles. The minimum absolute atomic E-state index is 0.0425. The standard InChI is InChI=1S/C16H21NO4/c18-16(17-6-9-19-10-7-17)13-3-1-4-14(11-13)21-12-15-5-2-8-20-15/h1,3-4,11,15H,2,5-10,12H2. The van der Waals surface area contributed by atoms with E-state index in [0.717, 1.165) is 25.2 Å². The van der Waals surface area contributed by atoms with Gasteiger partial charge in [-0.25, -0.2) is 0 Å². The highest BCUT2D eigenvalue weighted by atomic mass is 16.5. The maximum absolute atomic E-state index is 12.4. The van der Waals surface area contributed by atoms with Crippen molar-refractivity contribution < 1.29 is 19.0 Å². The summed E-state index contributed by atoms with van der Waals surface area (Å²) in [7, 11) is 0. The van der Waals surface area contributed by atoms with Gasteiger partial charge in [0.15, 0.2) is 0 Å². The lowest BCUT2D eigenvalue weighted by Crippen LogP contribution is -2.40. The molecule has 2 fully saturated rings. The highest BCUT2D eigenvalue weighted by Crippen LogP contribution is 2.18. The highest BCUT2D eigenvalue weighted by Gasteiger charge is 2.19. The zero-order chi connectivity index (χ0) is 14.5. The van der Waals surface area contributed by atoms with Gasteiger partial charge in [-0.1, -0.05) is 6.07 Å². The van der Waals surface area contributed by atoms with E-state index in [4.69, 9.17) is 14.2 Å². The number of hydrogen-bond acceptors (Lipinski definition) is 4. The van der Waals surface area contributed by atoms with Crippen LogP contribution in [0.5, 0.6) is 5.75 Å². The summed E-state index contributed by atoms with van der Waals surface area (Å²) in [6, 6.07) is 7.38. The Labute approximate surface area is 124 Å². The van der Waals surface area contributed by atoms with Gasteiger partial charge in [0.25, 0.3) is 5.91 Å². The number of carbonyl (C=O) groups is 1. The van der Waals surface area contributed by atoms with Gasteiger partial charge in [0.05, 0.1) is 19.3 Å². The molecule has 3 rings (SSSR count). The Balaban J connectivity index is 1.60. The molecule has 2 saturated heterocycles. The van der Waals surface area contributed by atoms with Gasteiger partial charge in [0, 0.05) is 25.3 Å². The van der Waals surface area contributed by atoms with Crippen molar-refractivity contribution in [2.75, 3.05) is 39.5 Å². The van der Waals surface area contributed by atoms with Crippen molar-refractivity contribution in [2.24, 2.45) is 0 Å². The number of morpholine rings is 1. The van der Waals surface area contributed by atoms with Crippen LogP contribution in [0, 0.1) is 0 Å². The van der Waals surface area contributed by atoms with E-state index < -0.39 is 0 Å². The summed E-state index contributed by atoms with van der Waals surface area (Å²) in [5, 5.41) is 0. The number of hydrogen-bond donors (Lipinski definition) is 0. The third-order valence-electron chi connectivity index (χ3n) is 3.84. The van der Waals surface area contributed by atoms with E-state index in [0.29, 0.717) is 38.5 Å². The third kappa shape index (κ3) is 3.74. The molecule has 2 aliphatic heterocycles. The summed E-state index contributed by atoms with van der Waals surface area (Å²) in [5.74, 6) is 0.769. The lowest BCUT2D eigenvalue weighted by molar-refractivity contribution is 0.0302. The van der Waals surface area contributed by atoms with Crippen LogP contribution in [0.3, 0.4) is 0 Å². The van der Waals surface area contributed by atoms with Crippen molar-refractivity contribution in [3.8, 4) is 5.75 Å². The van der Waals surface area contributed by atoms with E-state index in [1.54, 1.807) is 0 Å². The molecule has 1 unspecified atom stereocenters. The number of rotatable bonds is 4. The molecule has 1 aromatic carbocycles. The van der Waals surface area contributed by atoms with Gasteiger partial charge in [-0.3, -0.25) is 4.79 Å². The van der Waals surface area contributed by atoms with Crippen molar-refractivity contribution in [3.05, 3.63) is 29.8 Å². The van der Waals surface area contributed by atoms with Crippen molar-refractivity contribution in [3.63, 3.8) is 0 Å². The molecular formula is C16H21NO4. The molecule has 114 valence electrons. The van der Waals surface area contributed by atoms with Gasteiger partial charge in [-0.2, -0.15) is 0 Å². The summed E-state index contributed by atoms with van der Waals surface area (Å²) < 4.78 is 16.6. The van der Waals surface area contributed by atoms with E-state index in [9.17, 15) is 4.79 Å². The van der Waals surface area contributed by atoms with Gasteiger partial charge in [-0.15, -0.1) is 0 Å². The first kappa shape index (κ1) is 14.4. The quantitative estimate of drug-likeness (QED) is 0.847. The second-order valence-electron chi connectivity index (χ2n) is 5.38. The zero-order valence-corrected chi connectivity index (χ0v) is 12.1. The first-order chi connectivity index (χ1) is 10.3. The molecule has 1 atom stereocenters. The van der Waals surface area contributed by atoms with Crippen LogP contribution in [0.25, 0.3) is 0 Å². The molecule has 2 aliphatic rings. The van der Waals surface area contributed by atoms with Crippen LogP contribution in [0.4, 0.5) is 0 Å². The largest absolute Gasteiger partial charge is 0.491 e. The molecule has 2 heterocycles. The number of ether oxygens (including phenoxy) is 3. The van der Waals surface area contributed by atoms with Crippen molar-refractivity contribution >= 4 is 5.91 Å². The van der Waals surface area contributed by atoms with Crippen LogP contribution in [-0.4, -0.2) is 56.4 Å². The SMILES string of the molecule is O=C(c1cccc(OCC2CCCO2)c1)N1CCOCC1. The van der Waals surface area contributed by atoms with E-state index in [1.165, 1.54) is 0 Å². The molecule has 0 bridgehead atoms. The second-order valence-corrected chi connectivity index (χ2v) is 5.38. The second kappa shape index (κ2) is 6.91. The zero-order valence-electron chi connectivity index (χ0n) is 12.1. The van der Waals surface area contributed by atoms with E-state index in [1.807, 2.05) is 29.2 Å². The molecule has 21 heavy (non-hydrogen) atoms. The van der Waals surface area contributed by atoms with Gasteiger partial charge in [0.1, 0.15) is 12.4 Å². The Morgan fingerprint density at radius 3 is 2.90 bits per heavy atom. The minimum Gasteiger partial charge on any atom is -0.491 e. The van der Waals surface area contributed by atoms with Gasteiger partial charge >= 0.3 is 0 Å². The Bertz CT molecular complexity index is 479. The first-order valence-corrected chi connectivity index (χ1v) is 7.54. The smallest absolute Gasteiger partial charge is 0.254 e. The van der Waals surface area contributed by atoms with Crippen molar-refractivity contribution in [1.82, 2.24) is 4.90 Å². The number of carbonyl (C=O) groups excluding carboxylic acids is 1. The molecule has 0 N–H and O–H groups in total. The maximum atomic E-state index is 12.4. The van der Waals surface area contributed by atoms with E-state index in [-0.39, 0.29) is 12.0 Å². The van der Waals surface area contributed by atoms with Gasteiger partial charge in [0.2, 0.25) is 0 Å². The fourth-order valence-corrected chi connectivity index (χ4v) is 2.63. The van der Waals surface area contributed by atoms with E-state index in [2.05, 4.69) is 0 Å². The monoisotopic (exact) mass is 291 g/mol. The fraction of sp³-hybridized carbons (Fsp3) is 0.562. The molecule has 0 saturated carbocycles. The molecule has 5 nitrogen and oxygen atoms in total. The van der Waals surface area contributed by atoms with Crippen LogP contribution in [-0.2, 0) is 9.47 Å². The molecule has 5 heteroatoms. The van der Waals surface area contributed by atoms with Crippen LogP contribution in [0.15, 0.2) is 24.3 Å². The number of benzene rings is 1. The average Bonchev–Trinajstić information content (AvgIpc) is 3.07. The summed E-state index contributed by atoms with van der Waals surface area (Å²) in [4.78, 5) is 14.2. The molecular weight excluding hydrogens is 270 g/mol. The highest BCUT2D eigenvalue weighted by molar-refractivity contribution is 5.94. The predicted molar refractivity (Wildman–Crippen MR) is 77.6 cm³/mol. The lowest BCUT2D eigenvalue weighted by atomic mass is 10.2. The normalized spacial score (nSPS) is 22.3. The number of amides is 1. The van der Waals surface area contributed by atoms with Crippen LogP contribution in [0.1, 0.15) is 23.2 Å². The molecule has 0 radical (unpaired) electrons. The summed E-state index contributed by atoms with van der Waals surface area (Å²) in [6.45, 7) is 3.90. The summed E-state index contributed by atoms with van der Waals surface area (Å²) in [6.07, 6.45) is 2.33. The molecule has 0 spiro atoms. The summed E-state index contributed by atoms with van der Waals surface area (Å²) >= 11 is 0. The predicted octanol–water partition coefficient (Wildman–Crippen LogP) is 1.72. The Hall–Kier alpha value is -1.59. The van der Waals surface area contributed by atoms with Crippen molar-refractivity contribution in [2.45, 2.75) is 18.9 Å². The van der Waals surface area contributed by atoms with Crippen LogP contribution in [0.2, 0.25) is 0 Å². The third-order valence-corrected chi connectivity index (χ3v) is 3.84. The van der Waals surface area contributed by atoms with Gasteiger partial charge in [-0.05, 0) is 31.0 Å². The summed E-state index contributed by atoms with van der Waals surface area (Å²) in [5.41, 5.74) is 0.668. The lowest BCUT2D eigenvalue weighted by Gasteiger charge is -2.27. The van der Waals surface area contributed by atoms with Crippen molar-refractivity contribution in [1.29, 1.82) is 0 Å². The van der Waals surface area contributed by atoms with Crippen LogP contribution < -0.4 is 4.74 Å². The Kier molecular flexibility index (Phi) is 4.72. The molecule has 0 aromatic heterocycles. The maximum Gasteiger partial charge on any atom is 0.254 e. The fourth-order valence-electron chi connectivity index (χ4n) is 2.63. The van der Waals surface area contributed by atoms with Crippen LogP contribution >= 0.6 is 0 Å². The van der Waals surface area contributed by atoms with Gasteiger partial charge < -0.3 is 19.1 Å².